The minimum absolute atomic E-state index is 0.341. The van der Waals surface area contributed by atoms with Crippen LogP contribution in [0, 0.1) is 0 Å². The normalized spacial score (nSPS) is 17.4. The van der Waals surface area contributed by atoms with E-state index in [0.717, 1.165) is 12.0 Å². The zero-order valence-corrected chi connectivity index (χ0v) is 9.92. The Kier molecular flexibility index (Phi) is 4.40. The smallest absolute Gasteiger partial charge is 0.123 e. The van der Waals surface area contributed by atoms with Crippen molar-refractivity contribution in [3.8, 4) is 0 Å². The van der Waals surface area contributed by atoms with Crippen molar-refractivity contribution in [2.24, 2.45) is 0 Å². The molecule has 0 spiro atoms. The van der Waals surface area contributed by atoms with Crippen LogP contribution >= 0.6 is 0 Å². The number of hydrogen-bond acceptors (Lipinski definition) is 2. The summed E-state index contributed by atoms with van der Waals surface area (Å²) in [5.41, 5.74) is -0.360. The van der Waals surface area contributed by atoms with Gasteiger partial charge in [-0.25, -0.2) is 0 Å². The quantitative estimate of drug-likeness (QED) is 0.543. The fourth-order valence-corrected chi connectivity index (χ4v) is 0.643. The number of aliphatic hydroxyl groups is 1. The van der Waals surface area contributed by atoms with E-state index in [-0.39, 0.29) is 5.60 Å². The highest BCUT2D eigenvalue weighted by atomic mass is 16.5. The molecular weight excluding hydrogens is 176 g/mol. The fourth-order valence-electron chi connectivity index (χ4n) is 0.643. The first-order chi connectivity index (χ1) is 6.25. The van der Waals surface area contributed by atoms with Crippen LogP contribution in [0.4, 0.5) is 0 Å². The van der Waals surface area contributed by atoms with Gasteiger partial charge < -0.3 is 9.84 Å². The van der Waals surface area contributed by atoms with Crippen molar-refractivity contribution in [3.05, 3.63) is 24.5 Å². The topological polar surface area (TPSA) is 29.5 Å². The van der Waals surface area contributed by atoms with Gasteiger partial charge in [0.1, 0.15) is 5.60 Å². The fraction of sp³-hybridized carbons (Fsp3) is 0.667. The summed E-state index contributed by atoms with van der Waals surface area (Å²) in [4.78, 5) is 0. The monoisotopic (exact) mass is 198 g/mol. The third-order valence-corrected chi connectivity index (χ3v) is 2.60. The number of rotatable bonds is 5. The Labute approximate surface area is 87.3 Å². The second-order valence-corrected chi connectivity index (χ2v) is 4.35. The van der Waals surface area contributed by atoms with Gasteiger partial charge >= 0.3 is 0 Å². The molecule has 0 aromatic carbocycles. The summed E-state index contributed by atoms with van der Waals surface area (Å²) in [5.74, 6) is 0. The molecular formula is C12H22O2. The first-order valence-electron chi connectivity index (χ1n) is 4.96. The van der Waals surface area contributed by atoms with Gasteiger partial charge in [0.15, 0.2) is 0 Å². The predicted octanol–water partition coefficient (Wildman–Crippen LogP) is 3.03. The first-order valence-corrected chi connectivity index (χ1v) is 4.96. The van der Waals surface area contributed by atoms with Crippen molar-refractivity contribution in [1.82, 2.24) is 0 Å². The van der Waals surface area contributed by atoms with Crippen LogP contribution < -0.4 is 0 Å². The zero-order chi connectivity index (χ0) is 11.4. The Morgan fingerprint density at radius 3 is 2.21 bits per heavy atom. The van der Waals surface area contributed by atoms with Crippen molar-refractivity contribution < 1.29 is 9.84 Å². The minimum Gasteiger partial charge on any atom is -0.491 e. The second-order valence-electron chi connectivity index (χ2n) is 4.35. The van der Waals surface area contributed by atoms with Crippen LogP contribution in [0.3, 0.4) is 0 Å². The van der Waals surface area contributed by atoms with Gasteiger partial charge in [0.05, 0.1) is 11.9 Å². The van der Waals surface area contributed by atoms with Crippen LogP contribution in [0.25, 0.3) is 0 Å². The van der Waals surface area contributed by atoms with Crippen LogP contribution in [0.2, 0.25) is 0 Å². The molecule has 2 nitrogen and oxygen atoms in total. The van der Waals surface area contributed by atoms with Crippen molar-refractivity contribution in [3.63, 3.8) is 0 Å². The summed E-state index contributed by atoms with van der Waals surface area (Å²) in [6, 6.07) is 0. The molecule has 0 bridgehead atoms. The lowest BCUT2D eigenvalue weighted by Gasteiger charge is -2.26. The Bertz CT molecular complexity index is 223. The van der Waals surface area contributed by atoms with E-state index in [1.54, 1.807) is 26.2 Å². The molecule has 82 valence electrons. The lowest BCUT2D eigenvalue weighted by molar-refractivity contribution is 0.0676. The van der Waals surface area contributed by atoms with E-state index in [9.17, 15) is 5.11 Å². The molecule has 0 heterocycles. The highest BCUT2D eigenvalue weighted by Gasteiger charge is 2.20. The van der Waals surface area contributed by atoms with Crippen LogP contribution in [0.1, 0.15) is 41.0 Å². The summed E-state index contributed by atoms with van der Waals surface area (Å²) in [5, 5.41) is 9.65. The third kappa shape index (κ3) is 3.97. The van der Waals surface area contributed by atoms with Gasteiger partial charge in [0, 0.05) is 0 Å². The van der Waals surface area contributed by atoms with E-state index in [2.05, 4.69) is 6.58 Å². The lowest BCUT2D eigenvalue weighted by Crippen LogP contribution is -2.25. The van der Waals surface area contributed by atoms with E-state index in [4.69, 9.17) is 4.74 Å². The average Bonchev–Trinajstić information content (AvgIpc) is 2.12. The van der Waals surface area contributed by atoms with Gasteiger partial charge in [-0.05, 0) is 45.8 Å². The number of ether oxygens (including phenoxy) is 1. The Hall–Kier alpha value is -0.760. The molecule has 0 saturated heterocycles. The molecule has 0 saturated carbocycles. The van der Waals surface area contributed by atoms with E-state index >= 15 is 0 Å². The molecule has 1 atom stereocenters. The maximum atomic E-state index is 9.65. The van der Waals surface area contributed by atoms with Gasteiger partial charge in [0.25, 0.3) is 0 Å². The number of hydrogen-bond donors (Lipinski definition) is 1. The van der Waals surface area contributed by atoms with Gasteiger partial charge in [-0.3, -0.25) is 0 Å². The summed E-state index contributed by atoms with van der Waals surface area (Å²) in [6.45, 7) is 13.0. The van der Waals surface area contributed by atoms with Gasteiger partial charge in [-0.1, -0.05) is 13.5 Å². The maximum absolute atomic E-state index is 9.65. The molecule has 2 heteroatoms. The molecule has 0 aliphatic rings. The molecule has 0 aromatic heterocycles. The van der Waals surface area contributed by atoms with Crippen molar-refractivity contribution in [1.29, 1.82) is 0 Å². The van der Waals surface area contributed by atoms with Gasteiger partial charge in [0.2, 0.25) is 0 Å². The van der Waals surface area contributed by atoms with Crippen LogP contribution in [0.5, 0.6) is 0 Å². The summed E-state index contributed by atoms with van der Waals surface area (Å²) < 4.78 is 5.58. The molecule has 0 rings (SSSR count). The molecule has 0 aliphatic heterocycles. The molecule has 0 aliphatic carbocycles. The van der Waals surface area contributed by atoms with E-state index in [1.807, 2.05) is 20.8 Å². The molecule has 1 N–H and O–H groups in total. The molecule has 0 amide bonds. The van der Waals surface area contributed by atoms with Crippen LogP contribution in [-0.4, -0.2) is 16.3 Å². The third-order valence-electron chi connectivity index (χ3n) is 2.60. The predicted molar refractivity (Wildman–Crippen MR) is 60.0 cm³/mol. The van der Waals surface area contributed by atoms with E-state index < -0.39 is 5.60 Å². The van der Waals surface area contributed by atoms with Crippen molar-refractivity contribution in [2.45, 2.75) is 52.2 Å². The van der Waals surface area contributed by atoms with E-state index in [1.165, 1.54) is 0 Å². The zero-order valence-electron chi connectivity index (χ0n) is 9.92. The van der Waals surface area contributed by atoms with Crippen LogP contribution in [0.15, 0.2) is 24.5 Å². The largest absolute Gasteiger partial charge is 0.491 e. The Morgan fingerprint density at radius 1 is 1.43 bits per heavy atom. The lowest BCUT2D eigenvalue weighted by atomic mass is 10.0. The van der Waals surface area contributed by atoms with Crippen molar-refractivity contribution >= 4 is 0 Å². The molecule has 14 heavy (non-hydrogen) atoms. The molecule has 0 fully saturated rings. The van der Waals surface area contributed by atoms with E-state index in [0.29, 0.717) is 0 Å². The maximum Gasteiger partial charge on any atom is 0.123 e. The van der Waals surface area contributed by atoms with Gasteiger partial charge in [-0.15, -0.1) is 0 Å². The van der Waals surface area contributed by atoms with Gasteiger partial charge in [-0.2, -0.15) is 0 Å². The minimum atomic E-state index is -0.824. The molecule has 1 unspecified atom stereocenters. The SMILES string of the molecule is C=CC(C)(CC)OC=C(C)C(C)(C)O. The highest BCUT2D eigenvalue weighted by molar-refractivity contribution is 5.08. The molecule has 0 aromatic rings. The van der Waals surface area contributed by atoms with Crippen LogP contribution in [-0.2, 0) is 4.74 Å². The standard InChI is InChI=1S/C12H22O2/c1-7-12(6,8-2)14-9-10(3)11(4,5)13/h7,9,13H,1,8H2,2-6H3. The van der Waals surface area contributed by atoms with Crippen molar-refractivity contribution in [2.75, 3.05) is 0 Å². The summed E-state index contributed by atoms with van der Waals surface area (Å²) in [6.07, 6.45) is 4.25. The molecule has 0 radical (unpaired) electrons. The summed E-state index contributed by atoms with van der Waals surface area (Å²) in [7, 11) is 0. The first kappa shape index (κ1) is 13.2. The highest BCUT2D eigenvalue weighted by Crippen LogP contribution is 2.20. The average molecular weight is 198 g/mol. The summed E-state index contributed by atoms with van der Waals surface area (Å²) >= 11 is 0. The Balaban J connectivity index is 4.49. The second kappa shape index (κ2) is 4.65. The Morgan fingerprint density at radius 2 is 1.93 bits per heavy atom.